The molecule has 8 nitrogen and oxygen atoms in total. The fraction of sp³-hybridized carbons (Fsp3) is 0.273. The topological polar surface area (TPSA) is 89.5 Å². The fourth-order valence-corrected chi connectivity index (χ4v) is 2.29. The SMILES string of the molecule is C=CCOC(=O)OCCOc1ccc2cc(OCCOC(=O)OCC=C)ccc2c1. The molecule has 2 aromatic carbocycles. The van der Waals surface area contributed by atoms with E-state index < -0.39 is 12.3 Å². The molecule has 0 unspecified atom stereocenters. The summed E-state index contributed by atoms with van der Waals surface area (Å²) in [5.41, 5.74) is 0. The summed E-state index contributed by atoms with van der Waals surface area (Å²) < 4.78 is 30.3. The summed E-state index contributed by atoms with van der Waals surface area (Å²) in [6.45, 7) is 7.64. The van der Waals surface area contributed by atoms with Crippen molar-refractivity contribution in [3.05, 3.63) is 61.7 Å². The van der Waals surface area contributed by atoms with E-state index in [2.05, 4.69) is 13.2 Å². The Morgan fingerprint density at radius 3 is 1.50 bits per heavy atom. The molecular formula is C22H24O8. The number of hydrogen-bond donors (Lipinski definition) is 0. The molecule has 0 aliphatic heterocycles. The van der Waals surface area contributed by atoms with E-state index in [9.17, 15) is 9.59 Å². The zero-order chi connectivity index (χ0) is 21.6. The van der Waals surface area contributed by atoms with E-state index in [4.69, 9.17) is 28.4 Å². The van der Waals surface area contributed by atoms with Gasteiger partial charge in [0.15, 0.2) is 0 Å². The Labute approximate surface area is 174 Å². The highest BCUT2D eigenvalue weighted by molar-refractivity contribution is 5.85. The minimum atomic E-state index is -0.761. The molecule has 2 rings (SSSR count). The van der Waals surface area contributed by atoms with Crippen LogP contribution in [0, 0.1) is 0 Å². The van der Waals surface area contributed by atoms with Crippen molar-refractivity contribution in [2.75, 3.05) is 39.6 Å². The molecule has 0 aromatic heterocycles. The zero-order valence-electron chi connectivity index (χ0n) is 16.5. The van der Waals surface area contributed by atoms with Crippen molar-refractivity contribution in [3.8, 4) is 11.5 Å². The number of carbonyl (C=O) groups is 2. The summed E-state index contributed by atoms with van der Waals surface area (Å²) in [5, 5.41) is 1.91. The largest absolute Gasteiger partial charge is 0.508 e. The Morgan fingerprint density at radius 1 is 0.667 bits per heavy atom. The molecule has 0 amide bonds. The Morgan fingerprint density at radius 2 is 1.10 bits per heavy atom. The molecule has 0 radical (unpaired) electrons. The second-order valence-corrected chi connectivity index (χ2v) is 5.76. The molecule has 0 aliphatic rings. The molecule has 0 bridgehead atoms. The van der Waals surface area contributed by atoms with E-state index in [1.807, 2.05) is 24.3 Å². The van der Waals surface area contributed by atoms with Crippen LogP contribution in [0.15, 0.2) is 61.7 Å². The molecule has 0 saturated carbocycles. The number of fused-ring (bicyclic) bond motifs is 1. The molecule has 0 spiro atoms. The van der Waals surface area contributed by atoms with Crippen molar-refractivity contribution in [2.45, 2.75) is 0 Å². The lowest BCUT2D eigenvalue weighted by Gasteiger charge is -2.10. The van der Waals surface area contributed by atoms with Gasteiger partial charge in [0.05, 0.1) is 0 Å². The smallest absolute Gasteiger partial charge is 0.490 e. The monoisotopic (exact) mass is 416 g/mol. The third kappa shape index (κ3) is 8.14. The Bertz CT molecular complexity index is 790. The molecule has 0 heterocycles. The van der Waals surface area contributed by atoms with Crippen molar-refractivity contribution in [1.29, 1.82) is 0 Å². The summed E-state index contributed by atoms with van der Waals surface area (Å²) in [6, 6.07) is 11.1. The van der Waals surface area contributed by atoms with Gasteiger partial charge in [0.25, 0.3) is 0 Å². The van der Waals surface area contributed by atoms with Gasteiger partial charge in [-0.2, -0.15) is 0 Å². The molecule has 160 valence electrons. The number of carbonyl (C=O) groups excluding carboxylic acids is 2. The van der Waals surface area contributed by atoms with Gasteiger partial charge >= 0.3 is 12.3 Å². The first-order valence-electron chi connectivity index (χ1n) is 9.22. The third-order valence-electron chi connectivity index (χ3n) is 3.57. The van der Waals surface area contributed by atoms with Gasteiger partial charge < -0.3 is 28.4 Å². The van der Waals surface area contributed by atoms with Crippen molar-refractivity contribution in [3.63, 3.8) is 0 Å². The first-order chi connectivity index (χ1) is 14.6. The van der Waals surface area contributed by atoms with E-state index in [1.165, 1.54) is 12.2 Å². The van der Waals surface area contributed by atoms with Gasteiger partial charge in [0.1, 0.15) is 51.1 Å². The van der Waals surface area contributed by atoms with E-state index >= 15 is 0 Å². The van der Waals surface area contributed by atoms with Crippen molar-refractivity contribution < 1.29 is 38.0 Å². The number of rotatable bonds is 12. The van der Waals surface area contributed by atoms with Crippen LogP contribution < -0.4 is 9.47 Å². The average molecular weight is 416 g/mol. The van der Waals surface area contributed by atoms with Gasteiger partial charge in [-0.3, -0.25) is 0 Å². The fourth-order valence-electron chi connectivity index (χ4n) is 2.29. The summed E-state index contributed by atoms with van der Waals surface area (Å²) in [7, 11) is 0. The van der Waals surface area contributed by atoms with Gasteiger partial charge in [-0.25, -0.2) is 9.59 Å². The van der Waals surface area contributed by atoms with E-state index in [0.717, 1.165) is 10.8 Å². The Balaban J connectivity index is 1.75. The molecule has 8 heteroatoms. The third-order valence-corrected chi connectivity index (χ3v) is 3.57. The molecular weight excluding hydrogens is 392 g/mol. The van der Waals surface area contributed by atoms with Crippen LogP contribution in [0.5, 0.6) is 11.5 Å². The standard InChI is InChI=1S/C22H24O8/c1-3-9-27-21(23)29-13-11-25-19-7-5-18-16-20(8-6-17(18)15-19)26-12-14-30-22(24)28-10-4-2/h3-8,15-16H,1-2,9-14H2. The van der Waals surface area contributed by atoms with E-state index in [0.29, 0.717) is 11.5 Å². The van der Waals surface area contributed by atoms with Crippen LogP contribution in [-0.4, -0.2) is 52.0 Å². The van der Waals surface area contributed by atoms with Crippen LogP contribution in [0.25, 0.3) is 10.8 Å². The second kappa shape index (κ2) is 12.7. The van der Waals surface area contributed by atoms with Crippen LogP contribution in [0.3, 0.4) is 0 Å². The minimum absolute atomic E-state index is 0.0734. The summed E-state index contributed by atoms with van der Waals surface area (Å²) in [6.07, 6.45) is 1.39. The molecule has 2 aromatic rings. The number of benzene rings is 2. The summed E-state index contributed by atoms with van der Waals surface area (Å²) >= 11 is 0. The van der Waals surface area contributed by atoms with Crippen LogP contribution in [0.1, 0.15) is 0 Å². The Hall–Kier alpha value is -3.68. The number of ether oxygens (including phenoxy) is 6. The van der Waals surface area contributed by atoms with Crippen molar-refractivity contribution in [1.82, 2.24) is 0 Å². The van der Waals surface area contributed by atoms with Crippen molar-refractivity contribution >= 4 is 23.1 Å². The molecule has 0 fully saturated rings. The van der Waals surface area contributed by atoms with Crippen LogP contribution in [-0.2, 0) is 18.9 Å². The molecule has 0 atom stereocenters. The van der Waals surface area contributed by atoms with Gasteiger partial charge in [-0.05, 0) is 35.0 Å². The molecule has 30 heavy (non-hydrogen) atoms. The summed E-state index contributed by atoms with van der Waals surface area (Å²) in [5.74, 6) is 1.29. The maximum Gasteiger partial charge on any atom is 0.508 e. The maximum absolute atomic E-state index is 11.2. The first-order valence-corrected chi connectivity index (χ1v) is 9.22. The highest BCUT2D eigenvalue weighted by atomic mass is 16.7. The second-order valence-electron chi connectivity index (χ2n) is 5.76. The lowest BCUT2D eigenvalue weighted by molar-refractivity contribution is 0.0525. The lowest BCUT2D eigenvalue weighted by Crippen LogP contribution is -2.13. The van der Waals surface area contributed by atoms with Crippen LogP contribution >= 0.6 is 0 Å². The Kier molecular flexibility index (Phi) is 9.58. The molecule has 0 N–H and O–H groups in total. The van der Waals surface area contributed by atoms with Crippen LogP contribution in [0.2, 0.25) is 0 Å². The lowest BCUT2D eigenvalue weighted by atomic mass is 10.1. The normalized spacial score (nSPS) is 10.0. The van der Waals surface area contributed by atoms with Crippen LogP contribution in [0.4, 0.5) is 9.59 Å². The van der Waals surface area contributed by atoms with Gasteiger partial charge in [0.2, 0.25) is 0 Å². The summed E-state index contributed by atoms with van der Waals surface area (Å²) in [4.78, 5) is 22.4. The average Bonchev–Trinajstić information content (AvgIpc) is 2.76. The highest BCUT2D eigenvalue weighted by Gasteiger charge is 2.05. The van der Waals surface area contributed by atoms with Gasteiger partial charge in [-0.1, -0.05) is 37.4 Å². The molecule has 0 aliphatic carbocycles. The first kappa shape index (κ1) is 22.6. The zero-order valence-corrected chi connectivity index (χ0v) is 16.5. The molecule has 0 saturated heterocycles. The predicted octanol–water partition coefficient (Wildman–Crippen LogP) is 4.28. The van der Waals surface area contributed by atoms with E-state index in [-0.39, 0.29) is 39.6 Å². The quantitative estimate of drug-likeness (QED) is 0.288. The maximum atomic E-state index is 11.2. The van der Waals surface area contributed by atoms with Gasteiger partial charge in [0, 0.05) is 0 Å². The predicted molar refractivity (Wildman–Crippen MR) is 110 cm³/mol. The number of hydrogen-bond acceptors (Lipinski definition) is 8. The van der Waals surface area contributed by atoms with E-state index in [1.54, 1.807) is 12.1 Å². The minimum Gasteiger partial charge on any atom is -0.490 e. The highest BCUT2D eigenvalue weighted by Crippen LogP contribution is 2.25. The van der Waals surface area contributed by atoms with Crippen molar-refractivity contribution in [2.24, 2.45) is 0 Å². The van der Waals surface area contributed by atoms with Gasteiger partial charge in [-0.15, -0.1) is 0 Å².